The number of furan rings is 1. The van der Waals surface area contributed by atoms with Crippen LogP contribution in [-0.2, 0) is 16.0 Å². The second-order valence-electron chi connectivity index (χ2n) is 7.84. The summed E-state index contributed by atoms with van der Waals surface area (Å²) in [6.07, 6.45) is 4.30. The van der Waals surface area contributed by atoms with Gasteiger partial charge in [0.05, 0.1) is 6.42 Å². The molecule has 5 nitrogen and oxygen atoms in total. The number of halogens is 1. The highest BCUT2D eigenvalue weighted by Crippen LogP contribution is 2.32. The van der Waals surface area contributed by atoms with Crippen molar-refractivity contribution < 1.29 is 14.0 Å². The van der Waals surface area contributed by atoms with Crippen LogP contribution in [0, 0.1) is 6.92 Å². The van der Waals surface area contributed by atoms with Gasteiger partial charge in [-0.25, -0.2) is 0 Å². The molecule has 2 amide bonds. The van der Waals surface area contributed by atoms with Gasteiger partial charge in [-0.3, -0.25) is 14.5 Å². The lowest BCUT2D eigenvalue weighted by atomic mass is 10.1. The number of nitrogens with zero attached hydrogens (tertiary/aromatic N) is 1. The van der Waals surface area contributed by atoms with Crippen LogP contribution in [0.1, 0.15) is 48.1 Å². The molecule has 1 aromatic carbocycles. The lowest BCUT2D eigenvalue weighted by Gasteiger charge is -2.31. The lowest BCUT2D eigenvalue weighted by molar-refractivity contribution is -0.127. The van der Waals surface area contributed by atoms with Crippen LogP contribution in [0.15, 0.2) is 58.3 Å². The number of nitrogens with one attached hydrogen (secondary N) is 1. The molecule has 0 aliphatic heterocycles. The van der Waals surface area contributed by atoms with Crippen molar-refractivity contribution in [2.75, 3.05) is 4.90 Å². The van der Waals surface area contributed by atoms with E-state index in [0.717, 1.165) is 30.6 Å². The van der Waals surface area contributed by atoms with Gasteiger partial charge in [0.25, 0.3) is 5.91 Å². The summed E-state index contributed by atoms with van der Waals surface area (Å²) in [7, 11) is 0. The fraction of sp³-hybridized carbons (Fsp3) is 0.333. The number of carbonyl (C=O) groups is 2. The van der Waals surface area contributed by atoms with Gasteiger partial charge in [0.1, 0.15) is 11.5 Å². The first-order valence-electron chi connectivity index (χ1n) is 10.5. The Bertz CT molecular complexity index is 1040. The van der Waals surface area contributed by atoms with Gasteiger partial charge < -0.3 is 9.73 Å². The number of aryl methyl sites for hydroxylation is 1. The fourth-order valence-corrected chi connectivity index (χ4v) is 4.92. The van der Waals surface area contributed by atoms with E-state index in [4.69, 9.17) is 16.0 Å². The summed E-state index contributed by atoms with van der Waals surface area (Å²) in [4.78, 5) is 29.5. The number of amides is 2. The molecule has 1 fully saturated rings. The summed E-state index contributed by atoms with van der Waals surface area (Å²) >= 11 is 7.76. The van der Waals surface area contributed by atoms with Gasteiger partial charge in [0.2, 0.25) is 5.91 Å². The Morgan fingerprint density at radius 2 is 2.00 bits per heavy atom. The molecular formula is C24H25ClN2O3S. The fourth-order valence-electron chi connectivity index (χ4n) is 4.03. The molecule has 2 aromatic heterocycles. The SMILES string of the molecule is Cc1ccc(C(C(=O)NC2CCCC2)N(C(=O)Cc2cccs2)c2cccc(Cl)c2)o1. The summed E-state index contributed by atoms with van der Waals surface area (Å²) in [5.41, 5.74) is 0.565. The third-order valence-electron chi connectivity index (χ3n) is 5.50. The van der Waals surface area contributed by atoms with Crippen molar-refractivity contribution >= 4 is 40.4 Å². The lowest BCUT2D eigenvalue weighted by Crippen LogP contribution is -2.46. The highest BCUT2D eigenvalue weighted by molar-refractivity contribution is 7.10. The Morgan fingerprint density at radius 3 is 2.65 bits per heavy atom. The van der Waals surface area contributed by atoms with Gasteiger partial charge in [0, 0.05) is 21.6 Å². The number of anilines is 1. The number of carbonyl (C=O) groups excluding carboxylic acids is 2. The van der Waals surface area contributed by atoms with E-state index in [1.807, 2.05) is 30.5 Å². The monoisotopic (exact) mass is 456 g/mol. The molecule has 31 heavy (non-hydrogen) atoms. The summed E-state index contributed by atoms with van der Waals surface area (Å²) in [6.45, 7) is 1.83. The van der Waals surface area contributed by atoms with E-state index in [1.165, 1.54) is 16.2 Å². The first-order chi connectivity index (χ1) is 15.0. The average Bonchev–Trinajstić information content (AvgIpc) is 3.49. The maximum Gasteiger partial charge on any atom is 0.251 e. The van der Waals surface area contributed by atoms with Crippen molar-refractivity contribution in [1.82, 2.24) is 5.32 Å². The number of hydrogen-bond donors (Lipinski definition) is 1. The van der Waals surface area contributed by atoms with Crippen LogP contribution >= 0.6 is 22.9 Å². The van der Waals surface area contributed by atoms with Crippen molar-refractivity contribution in [1.29, 1.82) is 0 Å². The second-order valence-corrected chi connectivity index (χ2v) is 9.31. The predicted octanol–water partition coefficient (Wildman–Crippen LogP) is 5.68. The van der Waals surface area contributed by atoms with E-state index in [-0.39, 0.29) is 24.3 Å². The van der Waals surface area contributed by atoms with Crippen LogP contribution in [0.25, 0.3) is 0 Å². The maximum atomic E-state index is 13.6. The van der Waals surface area contributed by atoms with Gasteiger partial charge in [0.15, 0.2) is 6.04 Å². The number of benzene rings is 1. The molecule has 0 spiro atoms. The summed E-state index contributed by atoms with van der Waals surface area (Å²) in [5.74, 6) is 0.698. The number of thiophene rings is 1. The van der Waals surface area contributed by atoms with Gasteiger partial charge in [-0.2, -0.15) is 0 Å². The molecule has 1 atom stereocenters. The van der Waals surface area contributed by atoms with Gasteiger partial charge >= 0.3 is 0 Å². The molecule has 1 N–H and O–H groups in total. The molecule has 1 unspecified atom stereocenters. The van der Waals surface area contributed by atoms with Crippen molar-refractivity contribution in [3.05, 3.63) is 75.3 Å². The zero-order chi connectivity index (χ0) is 21.8. The van der Waals surface area contributed by atoms with Crippen LogP contribution in [-0.4, -0.2) is 17.9 Å². The molecule has 4 rings (SSSR count). The van der Waals surface area contributed by atoms with Gasteiger partial charge in [-0.1, -0.05) is 36.6 Å². The first-order valence-corrected chi connectivity index (χ1v) is 11.7. The molecule has 7 heteroatoms. The van der Waals surface area contributed by atoms with Crippen molar-refractivity contribution in [2.24, 2.45) is 0 Å². The molecule has 1 aliphatic rings. The minimum absolute atomic E-state index is 0.125. The quantitative estimate of drug-likeness (QED) is 0.497. The van der Waals surface area contributed by atoms with Crippen molar-refractivity contribution in [3.8, 4) is 0 Å². The Hall–Kier alpha value is -2.57. The van der Waals surface area contributed by atoms with E-state index in [9.17, 15) is 9.59 Å². The predicted molar refractivity (Wildman–Crippen MR) is 124 cm³/mol. The molecule has 3 aromatic rings. The third kappa shape index (κ3) is 5.20. The minimum Gasteiger partial charge on any atom is -0.464 e. The Kier molecular flexibility index (Phi) is 6.78. The van der Waals surface area contributed by atoms with E-state index < -0.39 is 6.04 Å². The summed E-state index contributed by atoms with van der Waals surface area (Å²) in [5, 5.41) is 5.58. The minimum atomic E-state index is -0.916. The second kappa shape index (κ2) is 9.71. The van der Waals surface area contributed by atoms with Crippen LogP contribution in [0.3, 0.4) is 0 Å². The van der Waals surface area contributed by atoms with Crippen molar-refractivity contribution in [3.63, 3.8) is 0 Å². The van der Waals surface area contributed by atoms with Crippen LogP contribution in [0.5, 0.6) is 0 Å². The molecule has 0 saturated heterocycles. The van der Waals surface area contributed by atoms with Gasteiger partial charge in [-0.15, -0.1) is 11.3 Å². The topological polar surface area (TPSA) is 62.6 Å². The molecule has 2 heterocycles. The Labute approximate surface area is 191 Å². The summed E-state index contributed by atoms with van der Waals surface area (Å²) in [6, 6.07) is 13.7. The molecule has 0 bridgehead atoms. The first kappa shape index (κ1) is 21.7. The molecule has 0 radical (unpaired) electrons. The molecular weight excluding hydrogens is 432 g/mol. The summed E-state index contributed by atoms with van der Waals surface area (Å²) < 4.78 is 5.86. The van der Waals surface area contributed by atoms with E-state index in [1.54, 1.807) is 30.3 Å². The number of hydrogen-bond acceptors (Lipinski definition) is 4. The highest BCUT2D eigenvalue weighted by atomic mass is 35.5. The zero-order valence-electron chi connectivity index (χ0n) is 17.3. The molecule has 1 saturated carbocycles. The standard InChI is InChI=1S/C24H25ClN2O3S/c1-16-11-12-21(30-16)23(24(29)26-18-7-2-3-8-18)27(19-9-4-6-17(25)14-19)22(28)15-20-10-5-13-31-20/h4-6,9-14,18,23H,2-3,7-8,15H2,1H3,(H,26,29). The zero-order valence-corrected chi connectivity index (χ0v) is 18.9. The van der Waals surface area contributed by atoms with E-state index in [2.05, 4.69) is 5.32 Å². The molecule has 1 aliphatic carbocycles. The highest BCUT2D eigenvalue weighted by Gasteiger charge is 2.36. The largest absolute Gasteiger partial charge is 0.464 e. The van der Waals surface area contributed by atoms with Gasteiger partial charge in [-0.05, 0) is 61.5 Å². The van der Waals surface area contributed by atoms with Crippen LogP contribution < -0.4 is 10.2 Å². The van der Waals surface area contributed by atoms with Crippen molar-refractivity contribution in [2.45, 2.75) is 51.1 Å². The average molecular weight is 457 g/mol. The molecule has 162 valence electrons. The van der Waals surface area contributed by atoms with Crippen LogP contribution in [0.2, 0.25) is 5.02 Å². The normalized spacial score (nSPS) is 15.0. The maximum absolute atomic E-state index is 13.6. The Balaban J connectivity index is 1.74. The van der Waals surface area contributed by atoms with E-state index in [0.29, 0.717) is 22.2 Å². The van der Waals surface area contributed by atoms with E-state index >= 15 is 0 Å². The number of rotatable bonds is 7. The smallest absolute Gasteiger partial charge is 0.251 e. The Morgan fingerprint density at radius 1 is 1.19 bits per heavy atom. The van der Waals surface area contributed by atoms with Crippen LogP contribution in [0.4, 0.5) is 5.69 Å². The third-order valence-corrected chi connectivity index (χ3v) is 6.61.